The van der Waals surface area contributed by atoms with Gasteiger partial charge in [-0.25, -0.2) is 0 Å². The van der Waals surface area contributed by atoms with E-state index < -0.39 is 0 Å². The van der Waals surface area contributed by atoms with E-state index >= 15 is 0 Å². The van der Waals surface area contributed by atoms with Gasteiger partial charge in [-0.05, 0) is 63.2 Å². The number of hydrogen-bond acceptors (Lipinski definition) is 0. The molecule has 114 valence electrons. The molecule has 0 bridgehead atoms. The second-order valence-corrected chi connectivity index (χ2v) is 1.85. The van der Waals surface area contributed by atoms with E-state index in [2.05, 4.69) is 78.5 Å². The van der Waals surface area contributed by atoms with Crippen molar-refractivity contribution in [1.82, 2.24) is 0 Å². The molecule has 0 aromatic heterocycles. The zero-order valence-corrected chi connectivity index (χ0v) is 12.5. The Bertz CT molecular complexity index is 512. The second kappa shape index (κ2) is 113. The van der Waals surface area contributed by atoms with Gasteiger partial charge in [0, 0.05) is 0 Å². The monoisotopic (exact) mass is 290 g/mol. The van der Waals surface area contributed by atoms with Crippen molar-refractivity contribution < 1.29 is 0 Å². The van der Waals surface area contributed by atoms with Gasteiger partial charge in [-0.3, -0.25) is 0 Å². The van der Waals surface area contributed by atoms with Crippen LogP contribution >= 0.6 is 0 Å². The van der Waals surface area contributed by atoms with Crippen molar-refractivity contribution in [2.75, 3.05) is 0 Å². The molecule has 0 aliphatic heterocycles. The molecular formula is C22H26. The van der Waals surface area contributed by atoms with Crippen LogP contribution in [0.2, 0.25) is 0 Å². The van der Waals surface area contributed by atoms with Crippen molar-refractivity contribution in [2.45, 2.75) is 42.5 Å². The first-order valence-corrected chi connectivity index (χ1v) is 4.99. The van der Waals surface area contributed by atoms with Gasteiger partial charge in [0.2, 0.25) is 0 Å². The second-order valence-electron chi connectivity index (χ2n) is 1.85. The summed E-state index contributed by atoms with van der Waals surface area (Å²) in [6, 6.07) is 0. The molecule has 0 fully saturated rings. The zero-order chi connectivity index (χ0) is 17.1. The molecule has 0 aliphatic carbocycles. The highest BCUT2D eigenvalue weighted by Crippen LogP contribution is 1.43. The summed E-state index contributed by atoms with van der Waals surface area (Å²) in [6.07, 6.45) is 26.7. The first kappa shape index (κ1) is 42.8. The molecule has 0 radical (unpaired) electrons. The van der Waals surface area contributed by atoms with Crippen molar-refractivity contribution in [3.8, 4) is 97.7 Å². The van der Waals surface area contributed by atoms with E-state index in [-0.39, 0.29) is 14.9 Å². The fourth-order valence-electron chi connectivity index (χ4n) is 0.144. The van der Waals surface area contributed by atoms with Crippen LogP contribution in [-0.2, 0) is 0 Å². The first-order chi connectivity index (χ1) is 9.66. The van der Waals surface area contributed by atoms with Gasteiger partial charge in [-0.2, -0.15) is 0 Å². The maximum absolute atomic E-state index is 4.72. The Balaban J connectivity index is -0.0000000261. The van der Waals surface area contributed by atoms with Gasteiger partial charge in [-0.1, -0.05) is 20.8 Å². The van der Waals surface area contributed by atoms with Crippen LogP contribution < -0.4 is 0 Å². The SMILES string of the molecule is C.C.C#C.C#CC.C#CC#CC.C#CC#CC#C.CC#CC. The highest BCUT2D eigenvalue weighted by Gasteiger charge is 1.41. The minimum absolute atomic E-state index is 0. The summed E-state index contributed by atoms with van der Waals surface area (Å²) in [4.78, 5) is 0. The molecule has 0 unspecified atom stereocenters. The first-order valence-electron chi connectivity index (χ1n) is 4.99. The lowest BCUT2D eigenvalue weighted by molar-refractivity contribution is 1.83. The van der Waals surface area contributed by atoms with Gasteiger partial charge in [0.05, 0.1) is 0 Å². The summed E-state index contributed by atoms with van der Waals surface area (Å²) < 4.78 is 0. The zero-order valence-electron chi connectivity index (χ0n) is 12.5. The smallest absolute Gasteiger partial charge is 0.00134 e. The summed E-state index contributed by atoms with van der Waals surface area (Å²) in [5, 5.41) is 0. The lowest BCUT2D eigenvalue weighted by Gasteiger charge is -1.43. The topological polar surface area (TPSA) is 0 Å². The Kier molecular flexibility index (Phi) is 220. The molecule has 0 aromatic carbocycles. The van der Waals surface area contributed by atoms with E-state index in [1.54, 1.807) is 13.8 Å². The highest BCUT2D eigenvalue weighted by molar-refractivity contribution is 5.31. The molecular weight excluding hydrogens is 264 g/mol. The molecule has 0 heterocycles. The number of terminal acetylenes is 5. The minimum Gasteiger partial charge on any atom is -0.124 e. The Morgan fingerprint density at radius 1 is 0.500 bits per heavy atom. The van der Waals surface area contributed by atoms with Gasteiger partial charge in [0.15, 0.2) is 0 Å². The van der Waals surface area contributed by atoms with E-state index in [4.69, 9.17) is 19.3 Å². The average Bonchev–Trinajstić information content (AvgIpc) is 2.49. The van der Waals surface area contributed by atoms with Crippen molar-refractivity contribution in [3.63, 3.8) is 0 Å². The molecule has 0 amide bonds. The van der Waals surface area contributed by atoms with Gasteiger partial charge in [0.1, 0.15) is 0 Å². The summed E-state index contributed by atoms with van der Waals surface area (Å²) in [6.45, 7) is 7.00. The maximum atomic E-state index is 4.72. The molecule has 0 spiro atoms. The Hall–Kier alpha value is -3.52. The largest absolute Gasteiger partial charge is 0.124 e. The van der Waals surface area contributed by atoms with Crippen molar-refractivity contribution in [1.29, 1.82) is 0 Å². The molecule has 0 N–H and O–H groups in total. The third kappa shape index (κ3) is 642. The predicted molar refractivity (Wildman–Crippen MR) is 105 cm³/mol. The van der Waals surface area contributed by atoms with Gasteiger partial charge in [0.25, 0.3) is 0 Å². The third-order valence-corrected chi connectivity index (χ3v) is 0.654. The van der Waals surface area contributed by atoms with Crippen molar-refractivity contribution in [2.24, 2.45) is 0 Å². The molecule has 0 aliphatic rings. The van der Waals surface area contributed by atoms with Crippen LogP contribution in [0.1, 0.15) is 42.5 Å². The average molecular weight is 290 g/mol. The fraction of sp³-hybridized carbons (Fsp3) is 0.273. The van der Waals surface area contributed by atoms with Crippen LogP contribution in [0.15, 0.2) is 0 Å². The van der Waals surface area contributed by atoms with Crippen molar-refractivity contribution >= 4 is 0 Å². The minimum atomic E-state index is 0. The van der Waals surface area contributed by atoms with Gasteiger partial charge in [-0.15, -0.1) is 56.3 Å². The Labute approximate surface area is 140 Å². The van der Waals surface area contributed by atoms with Gasteiger partial charge >= 0.3 is 0 Å². The Morgan fingerprint density at radius 3 is 0.773 bits per heavy atom. The Morgan fingerprint density at radius 2 is 0.727 bits per heavy atom. The lowest BCUT2D eigenvalue weighted by atomic mass is 10.6. The molecule has 0 saturated heterocycles. The van der Waals surface area contributed by atoms with E-state index in [1.165, 1.54) is 0 Å². The van der Waals surface area contributed by atoms with Crippen LogP contribution in [0.4, 0.5) is 0 Å². The normalized spacial score (nSPS) is 2.64. The van der Waals surface area contributed by atoms with Gasteiger partial charge < -0.3 is 0 Å². The van der Waals surface area contributed by atoms with Crippen LogP contribution in [0, 0.1) is 97.7 Å². The molecule has 0 atom stereocenters. The number of hydrogen-bond donors (Lipinski definition) is 0. The van der Waals surface area contributed by atoms with Crippen LogP contribution in [0.25, 0.3) is 0 Å². The standard InChI is InChI=1S/C6H2.C5H4.C4H6.C3H4.C2H2.2CH4/c1-3-5-6-4-2;1-3-5-4-2;1-3-4-2;1-3-2;1-2;;/h1-2H;1H,2H3;1-2H3;1H,2H3;1-2H;2*1H4. The van der Waals surface area contributed by atoms with E-state index in [0.717, 1.165) is 0 Å². The lowest BCUT2D eigenvalue weighted by Crippen LogP contribution is -1.42. The summed E-state index contributed by atoms with van der Waals surface area (Å²) in [5.74, 6) is 23.3. The summed E-state index contributed by atoms with van der Waals surface area (Å²) >= 11 is 0. The van der Waals surface area contributed by atoms with E-state index in [1.807, 2.05) is 13.8 Å². The highest BCUT2D eigenvalue weighted by atomic mass is 13.4. The molecule has 0 aromatic rings. The summed E-state index contributed by atoms with van der Waals surface area (Å²) in [7, 11) is 0. The van der Waals surface area contributed by atoms with Crippen molar-refractivity contribution in [3.05, 3.63) is 0 Å². The molecule has 22 heavy (non-hydrogen) atoms. The quantitative estimate of drug-likeness (QED) is 0.590. The third-order valence-electron chi connectivity index (χ3n) is 0.654. The predicted octanol–water partition coefficient (Wildman–Crippen LogP) is 4.09. The number of rotatable bonds is 0. The molecule has 0 nitrogen and oxygen atoms in total. The van der Waals surface area contributed by atoms with Crippen LogP contribution in [-0.4, -0.2) is 0 Å². The van der Waals surface area contributed by atoms with E-state index in [9.17, 15) is 0 Å². The molecule has 0 saturated carbocycles. The maximum Gasteiger partial charge on any atom is -0.00134 e. The van der Waals surface area contributed by atoms with E-state index in [0.29, 0.717) is 0 Å². The molecule has 0 heteroatoms. The molecule has 0 rings (SSSR count). The summed E-state index contributed by atoms with van der Waals surface area (Å²) in [5.41, 5.74) is 0. The van der Waals surface area contributed by atoms with Crippen LogP contribution in [0.5, 0.6) is 0 Å². The van der Waals surface area contributed by atoms with Crippen LogP contribution in [0.3, 0.4) is 0 Å². The fourth-order valence-corrected chi connectivity index (χ4v) is 0.144.